The number of piperidine rings is 1. The average Bonchev–Trinajstić information content (AvgIpc) is 2.68. The van der Waals surface area contributed by atoms with Crippen LogP contribution in [0, 0.1) is 5.92 Å². The molecule has 0 aliphatic carbocycles. The molecule has 2 rings (SSSR count). The lowest BCUT2D eigenvalue weighted by Gasteiger charge is -2.31. The summed E-state index contributed by atoms with van der Waals surface area (Å²) in [6.07, 6.45) is 2.53. The zero-order valence-corrected chi connectivity index (χ0v) is 15.0. The Hall–Kier alpha value is -2.08. The van der Waals surface area contributed by atoms with Crippen LogP contribution in [0.4, 0.5) is 5.69 Å². The molecule has 0 aromatic heterocycles. The van der Waals surface area contributed by atoms with Crippen LogP contribution in [-0.2, 0) is 9.59 Å². The van der Waals surface area contributed by atoms with Gasteiger partial charge < -0.3 is 20.2 Å². The maximum absolute atomic E-state index is 12.2. The van der Waals surface area contributed by atoms with Gasteiger partial charge in [0.15, 0.2) is 0 Å². The minimum absolute atomic E-state index is 0.0672. The van der Waals surface area contributed by atoms with Crippen LogP contribution in [-0.4, -0.2) is 61.2 Å². The number of nitrogens with one attached hydrogen (secondary N) is 1. The molecule has 0 radical (unpaired) electrons. The zero-order chi connectivity index (χ0) is 18.1. The minimum atomic E-state index is -0.540. The summed E-state index contributed by atoms with van der Waals surface area (Å²) < 4.78 is 0. The molecule has 6 heteroatoms. The van der Waals surface area contributed by atoms with Gasteiger partial charge >= 0.3 is 11.8 Å². The van der Waals surface area contributed by atoms with Gasteiger partial charge in [-0.15, -0.1) is 0 Å². The number of nitrogens with zero attached hydrogens (tertiary/aromatic N) is 2. The van der Waals surface area contributed by atoms with E-state index in [4.69, 9.17) is 0 Å². The second kappa shape index (κ2) is 10.0. The summed E-state index contributed by atoms with van der Waals surface area (Å²) in [5.74, 6) is -0.926. The first-order valence-electron chi connectivity index (χ1n) is 9.13. The van der Waals surface area contributed by atoms with Crippen molar-refractivity contribution >= 4 is 17.5 Å². The van der Waals surface area contributed by atoms with Crippen molar-refractivity contribution < 1.29 is 14.7 Å². The van der Waals surface area contributed by atoms with Gasteiger partial charge in [0.25, 0.3) is 0 Å². The van der Waals surface area contributed by atoms with Gasteiger partial charge in [-0.1, -0.05) is 18.2 Å². The molecule has 6 nitrogen and oxygen atoms in total. The lowest BCUT2D eigenvalue weighted by Crippen LogP contribution is -2.48. The predicted molar refractivity (Wildman–Crippen MR) is 98.3 cm³/mol. The maximum Gasteiger partial charge on any atom is 0.311 e. The van der Waals surface area contributed by atoms with E-state index >= 15 is 0 Å². The Kier molecular flexibility index (Phi) is 7.73. The van der Waals surface area contributed by atoms with Crippen molar-refractivity contribution in [2.75, 3.05) is 44.2 Å². The summed E-state index contributed by atoms with van der Waals surface area (Å²) >= 11 is 0. The van der Waals surface area contributed by atoms with E-state index in [1.54, 1.807) is 4.90 Å². The van der Waals surface area contributed by atoms with E-state index in [1.165, 1.54) is 0 Å². The standard InChI is InChI=1S/C19H29N3O3/c1-2-21(17-9-4-3-5-10-17)13-7-11-20-18(24)19(25)22-12-6-8-16(14-22)15-23/h3-5,9-10,16,23H,2,6-8,11-15H2,1H3,(H,20,24)/t16-/m1/s1. The summed E-state index contributed by atoms with van der Waals surface area (Å²) in [4.78, 5) is 28.0. The molecule has 2 amide bonds. The van der Waals surface area contributed by atoms with Crippen LogP contribution in [0.3, 0.4) is 0 Å². The SMILES string of the molecule is CCN(CCCNC(=O)C(=O)N1CCC[C@@H](CO)C1)c1ccccc1. The van der Waals surface area contributed by atoms with Crippen molar-refractivity contribution in [3.05, 3.63) is 30.3 Å². The Morgan fingerprint density at radius 1 is 1.32 bits per heavy atom. The first-order chi connectivity index (χ1) is 12.2. The Morgan fingerprint density at radius 2 is 2.08 bits per heavy atom. The average molecular weight is 347 g/mol. The molecule has 0 bridgehead atoms. The van der Waals surface area contributed by atoms with Gasteiger partial charge in [0.2, 0.25) is 0 Å². The smallest absolute Gasteiger partial charge is 0.311 e. The molecule has 2 N–H and O–H groups in total. The van der Waals surface area contributed by atoms with E-state index in [-0.39, 0.29) is 12.5 Å². The third-order valence-electron chi connectivity index (χ3n) is 4.65. The van der Waals surface area contributed by atoms with Crippen LogP contribution in [0.2, 0.25) is 0 Å². The molecule has 0 saturated carbocycles. The van der Waals surface area contributed by atoms with Gasteiger partial charge in [-0.2, -0.15) is 0 Å². The molecule has 1 heterocycles. The molecule has 0 spiro atoms. The van der Waals surface area contributed by atoms with Gasteiger partial charge in [-0.3, -0.25) is 9.59 Å². The number of benzene rings is 1. The van der Waals surface area contributed by atoms with E-state index < -0.39 is 11.8 Å². The predicted octanol–water partition coefficient (Wildman–Crippen LogP) is 1.25. The third-order valence-corrected chi connectivity index (χ3v) is 4.65. The molecule has 1 aliphatic rings. The van der Waals surface area contributed by atoms with Crippen molar-refractivity contribution in [2.45, 2.75) is 26.2 Å². The number of aliphatic hydroxyl groups is 1. The Balaban J connectivity index is 1.71. The fourth-order valence-corrected chi connectivity index (χ4v) is 3.20. The lowest BCUT2D eigenvalue weighted by molar-refractivity contribution is -0.147. The van der Waals surface area contributed by atoms with Crippen molar-refractivity contribution in [2.24, 2.45) is 5.92 Å². The quantitative estimate of drug-likeness (QED) is 0.575. The number of para-hydroxylation sites is 1. The molecule has 0 unspecified atom stereocenters. The fraction of sp³-hybridized carbons (Fsp3) is 0.579. The number of hydrogen-bond donors (Lipinski definition) is 2. The number of anilines is 1. The van der Waals surface area contributed by atoms with Crippen molar-refractivity contribution in [3.8, 4) is 0 Å². The lowest BCUT2D eigenvalue weighted by atomic mass is 9.99. The van der Waals surface area contributed by atoms with Gasteiger partial charge in [-0.25, -0.2) is 0 Å². The Morgan fingerprint density at radius 3 is 2.76 bits per heavy atom. The van der Waals surface area contributed by atoms with Crippen LogP contribution >= 0.6 is 0 Å². The van der Waals surface area contributed by atoms with E-state index in [2.05, 4.69) is 29.3 Å². The largest absolute Gasteiger partial charge is 0.396 e. The normalized spacial score (nSPS) is 17.2. The summed E-state index contributed by atoms with van der Waals surface area (Å²) in [5, 5.41) is 12.0. The summed E-state index contributed by atoms with van der Waals surface area (Å²) in [7, 11) is 0. The summed E-state index contributed by atoms with van der Waals surface area (Å²) in [6.45, 7) is 5.44. The van der Waals surface area contributed by atoms with Crippen LogP contribution in [0.5, 0.6) is 0 Å². The Bertz CT molecular complexity index is 550. The monoisotopic (exact) mass is 347 g/mol. The van der Waals surface area contributed by atoms with Crippen LogP contribution in [0.25, 0.3) is 0 Å². The number of carbonyl (C=O) groups is 2. The van der Waals surface area contributed by atoms with Gasteiger partial charge in [-0.05, 0) is 44.2 Å². The van der Waals surface area contributed by atoms with E-state index in [0.717, 1.165) is 38.0 Å². The number of amides is 2. The molecular weight excluding hydrogens is 318 g/mol. The maximum atomic E-state index is 12.2. The first-order valence-corrected chi connectivity index (χ1v) is 9.13. The van der Waals surface area contributed by atoms with E-state index in [1.807, 2.05) is 18.2 Å². The summed E-state index contributed by atoms with van der Waals surface area (Å²) in [5.41, 5.74) is 1.16. The van der Waals surface area contributed by atoms with E-state index in [0.29, 0.717) is 19.6 Å². The zero-order valence-electron chi connectivity index (χ0n) is 15.0. The molecule has 1 fully saturated rings. The number of likely N-dealkylation sites (tertiary alicyclic amines) is 1. The second-order valence-corrected chi connectivity index (χ2v) is 6.47. The van der Waals surface area contributed by atoms with Crippen LogP contribution in [0.15, 0.2) is 30.3 Å². The molecular formula is C19H29N3O3. The van der Waals surface area contributed by atoms with Crippen molar-refractivity contribution in [1.82, 2.24) is 10.2 Å². The van der Waals surface area contributed by atoms with Gasteiger partial charge in [0, 0.05) is 45.0 Å². The third kappa shape index (κ3) is 5.74. The van der Waals surface area contributed by atoms with Crippen LogP contribution < -0.4 is 10.2 Å². The highest BCUT2D eigenvalue weighted by atomic mass is 16.3. The van der Waals surface area contributed by atoms with Gasteiger partial charge in [0.1, 0.15) is 0 Å². The number of rotatable bonds is 7. The molecule has 25 heavy (non-hydrogen) atoms. The van der Waals surface area contributed by atoms with Crippen LogP contribution in [0.1, 0.15) is 26.2 Å². The first kappa shape index (κ1) is 19.2. The van der Waals surface area contributed by atoms with Gasteiger partial charge in [0.05, 0.1) is 0 Å². The number of carbonyl (C=O) groups excluding carboxylic acids is 2. The molecule has 1 aliphatic heterocycles. The molecule has 1 aromatic rings. The molecule has 1 atom stereocenters. The molecule has 1 saturated heterocycles. The second-order valence-electron chi connectivity index (χ2n) is 6.47. The summed E-state index contributed by atoms with van der Waals surface area (Å²) in [6, 6.07) is 10.2. The molecule has 1 aromatic carbocycles. The molecule has 138 valence electrons. The number of hydrogen-bond acceptors (Lipinski definition) is 4. The van der Waals surface area contributed by atoms with Crippen molar-refractivity contribution in [3.63, 3.8) is 0 Å². The minimum Gasteiger partial charge on any atom is -0.396 e. The van der Waals surface area contributed by atoms with E-state index in [9.17, 15) is 14.7 Å². The highest BCUT2D eigenvalue weighted by Crippen LogP contribution is 2.16. The highest BCUT2D eigenvalue weighted by Gasteiger charge is 2.27. The number of aliphatic hydroxyl groups excluding tert-OH is 1. The highest BCUT2D eigenvalue weighted by molar-refractivity contribution is 6.35. The van der Waals surface area contributed by atoms with Crippen molar-refractivity contribution in [1.29, 1.82) is 0 Å². The topological polar surface area (TPSA) is 72.9 Å². The fourth-order valence-electron chi connectivity index (χ4n) is 3.20. The Labute approximate surface area is 149 Å².